The number of amides is 1. The number of anilines is 2. The lowest BCUT2D eigenvalue weighted by atomic mass is 10.0. The fraction of sp³-hybridized carbons (Fsp3) is 0.588. The number of hydrogen-bond donors (Lipinski definition) is 2. The number of carbonyl (C=O) groups is 1. The van der Waals surface area contributed by atoms with Crippen molar-refractivity contribution in [1.82, 2.24) is 4.90 Å². The van der Waals surface area contributed by atoms with Crippen LogP contribution in [0.15, 0.2) is 18.2 Å². The maximum absolute atomic E-state index is 12.0. The van der Waals surface area contributed by atoms with E-state index in [1.54, 1.807) is 31.1 Å². The van der Waals surface area contributed by atoms with E-state index in [0.29, 0.717) is 28.0 Å². The molecule has 1 fully saturated rings. The number of nitrogens with one attached hydrogen (secondary N) is 1. The maximum Gasteiger partial charge on any atom is 0.253 e. The van der Waals surface area contributed by atoms with Gasteiger partial charge in [-0.15, -0.1) is 0 Å². The van der Waals surface area contributed by atoms with Gasteiger partial charge in [0.15, 0.2) is 0 Å². The maximum atomic E-state index is 12.0. The zero-order valence-corrected chi connectivity index (χ0v) is 13.9. The molecule has 0 heterocycles. The highest BCUT2D eigenvalue weighted by Gasteiger charge is 2.64. The molecule has 0 spiro atoms. The average Bonchev–Trinajstić information content (AvgIpc) is 2.78. The van der Waals surface area contributed by atoms with E-state index >= 15 is 0 Å². The molecule has 3 N–H and O–H groups in total. The molecule has 0 bridgehead atoms. The predicted molar refractivity (Wildman–Crippen MR) is 88.4 cm³/mol. The first-order chi connectivity index (χ1) is 9.59. The predicted octanol–water partition coefficient (Wildman–Crippen LogP) is 3.06. The highest BCUT2D eigenvalue weighted by atomic mass is 16.2. The Balaban J connectivity index is 2.11. The van der Waals surface area contributed by atoms with Crippen LogP contribution in [-0.4, -0.2) is 31.4 Å². The van der Waals surface area contributed by atoms with Gasteiger partial charge >= 0.3 is 0 Å². The van der Waals surface area contributed by atoms with Gasteiger partial charge in [0.1, 0.15) is 0 Å². The minimum Gasteiger partial charge on any atom is -0.397 e. The van der Waals surface area contributed by atoms with Crippen LogP contribution in [0.2, 0.25) is 0 Å². The van der Waals surface area contributed by atoms with Crippen LogP contribution in [-0.2, 0) is 0 Å². The molecule has 1 aliphatic rings. The lowest BCUT2D eigenvalue weighted by Crippen LogP contribution is -2.22. The highest BCUT2D eigenvalue weighted by Crippen LogP contribution is 2.68. The molecule has 2 rings (SSSR count). The topological polar surface area (TPSA) is 58.4 Å². The molecular formula is C17H27N3O. The SMILES string of the molecule is CN(C)C(=O)c1ccc(N)c(NCC2C(C)(C)C2(C)C)c1. The molecule has 0 aliphatic heterocycles. The molecule has 4 heteroatoms. The fourth-order valence-electron chi connectivity index (χ4n) is 3.16. The summed E-state index contributed by atoms with van der Waals surface area (Å²) in [5, 5.41) is 3.42. The first-order valence-electron chi connectivity index (χ1n) is 7.44. The van der Waals surface area contributed by atoms with Crippen LogP contribution in [0.25, 0.3) is 0 Å². The summed E-state index contributed by atoms with van der Waals surface area (Å²) in [7, 11) is 3.50. The highest BCUT2D eigenvalue weighted by molar-refractivity contribution is 5.95. The molecule has 4 nitrogen and oxygen atoms in total. The molecule has 0 atom stereocenters. The molecule has 1 aliphatic carbocycles. The third kappa shape index (κ3) is 2.59. The van der Waals surface area contributed by atoms with Gasteiger partial charge in [0.25, 0.3) is 5.91 Å². The molecule has 21 heavy (non-hydrogen) atoms. The van der Waals surface area contributed by atoms with Gasteiger partial charge < -0.3 is 16.0 Å². The van der Waals surface area contributed by atoms with Gasteiger partial charge in [0, 0.05) is 26.2 Å². The summed E-state index contributed by atoms with van der Waals surface area (Å²) in [4.78, 5) is 13.6. The summed E-state index contributed by atoms with van der Waals surface area (Å²) in [6.45, 7) is 10.1. The number of nitrogens with two attached hydrogens (primary N) is 1. The summed E-state index contributed by atoms with van der Waals surface area (Å²) < 4.78 is 0. The van der Waals surface area contributed by atoms with E-state index in [-0.39, 0.29) is 5.91 Å². The van der Waals surface area contributed by atoms with Crippen LogP contribution in [0.1, 0.15) is 38.1 Å². The first-order valence-corrected chi connectivity index (χ1v) is 7.44. The van der Waals surface area contributed by atoms with Crippen LogP contribution in [0, 0.1) is 16.7 Å². The number of benzene rings is 1. The zero-order chi connectivity index (χ0) is 16.0. The number of nitrogens with zero attached hydrogens (tertiary/aromatic N) is 1. The lowest BCUT2D eigenvalue weighted by Gasteiger charge is -2.14. The molecule has 1 saturated carbocycles. The van der Waals surface area contributed by atoms with Crippen molar-refractivity contribution in [1.29, 1.82) is 0 Å². The number of rotatable bonds is 4. The van der Waals surface area contributed by atoms with E-state index in [0.717, 1.165) is 12.2 Å². The monoisotopic (exact) mass is 289 g/mol. The van der Waals surface area contributed by atoms with Crippen LogP contribution in [0.4, 0.5) is 11.4 Å². The van der Waals surface area contributed by atoms with E-state index in [2.05, 4.69) is 33.0 Å². The van der Waals surface area contributed by atoms with Crippen molar-refractivity contribution in [3.05, 3.63) is 23.8 Å². The smallest absolute Gasteiger partial charge is 0.253 e. The molecule has 0 saturated heterocycles. The Labute approximate surface area is 127 Å². The Kier molecular flexibility index (Phi) is 3.68. The normalized spacial score (nSPS) is 19.1. The number of nitrogen functional groups attached to an aromatic ring is 1. The second-order valence-corrected chi connectivity index (χ2v) is 7.38. The molecule has 0 radical (unpaired) electrons. The van der Waals surface area contributed by atoms with E-state index < -0.39 is 0 Å². The van der Waals surface area contributed by atoms with Gasteiger partial charge in [0.2, 0.25) is 0 Å². The van der Waals surface area contributed by atoms with Gasteiger partial charge in [-0.25, -0.2) is 0 Å². The Bertz CT molecular complexity index is 547. The molecule has 116 valence electrons. The Morgan fingerprint density at radius 3 is 2.29 bits per heavy atom. The van der Waals surface area contributed by atoms with Gasteiger partial charge in [-0.3, -0.25) is 4.79 Å². The molecule has 1 aromatic rings. The van der Waals surface area contributed by atoms with Crippen molar-refractivity contribution < 1.29 is 4.79 Å². The van der Waals surface area contributed by atoms with Crippen LogP contribution >= 0.6 is 0 Å². The summed E-state index contributed by atoms with van der Waals surface area (Å²) in [5.74, 6) is 0.600. The van der Waals surface area contributed by atoms with Crippen molar-refractivity contribution in [2.24, 2.45) is 16.7 Å². The Morgan fingerprint density at radius 2 is 1.81 bits per heavy atom. The van der Waals surface area contributed by atoms with Gasteiger partial charge in [-0.2, -0.15) is 0 Å². The van der Waals surface area contributed by atoms with Gasteiger partial charge in [0.05, 0.1) is 11.4 Å². The van der Waals surface area contributed by atoms with Crippen molar-refractivity contribution in [3.8, 4) is 0 Å². The Hall–Kier alpha value is -1.71. The lowest BCUT2D eigenvalue weighted by molar-refractivity contribution is 0.0827. The van der Waals surface area contributed by atoms with Crippen LogP contribution in [0.3, 0.4) is 0 Å². The molecule has 1 aromatic carbocycles. The summed E-state index contributed by atoms with van der Waals surface area (Å²) in [6, 6.07) is 5.41. The van der Waals surface area contributed by atoms with Crippen molar-refractivity contribution in [2.75, 3.05) is 31.7 Å². The molecule has 0 unspecified atom stereocenters. The quantitative estimate of drug-likeness (QED) is 0.838. The molecule has 1 amide bonds. The second-order valence-electron chi connectivity index (χ2n) is 7.38. The van der Waals surface area contributed by atoms with Crippen molar-refractivity contribution in [2.45, 2.75) is 27.7 Å². The summed E-state index contributed by atoms with van der Waals surface area (Å²) >= 11 is 0. The van der Waals surface area contributed by atoms with E-state index in [9.17, 15) is 4.79 Å². The minimum absolute atomic E-state index is 0.00914. The van der Waals surface area contributed by atoms with Gasteiger partial charge in [-0.1, -0.05) is 27.7 Å². The molecular weight excluding hydrogens is 262 g/mol. The Morgan fingerprint density at radius 1 is 1.24 bits per heavy atom. The third-order valence-corrected chi connectivity index (χ3v) is 5.52. The van der Waals surface area contributed by atoms with Crippen LogP contribution in [0.5, 0.6) is 0 Å². The number of hydrogen-bond acceptors (Lipinski definition) is 3. The van der Waals surface area contributed by atoms with Gasteiger partial charge in [-0.05, 0) is 34.9 Å². The van der Waals surface area contributed by atoms with E-state index in [4.69, 9.17) is 5.73 Å². The van der Waals surface area contributed by atoms with Crippen LogP contribution < -0.4 is 11.1 Å². The standard InChI is InChI=1S/C17H27N3O/c1-16(2)14(17(16,3)4)10-19-13-9-11(7-8-12(13)18)15(21)20(5)6/h7-9,14,19H,10,18H2,1-6H3. The van der Waals surface area contributed by atoms with E-state index in [1.165, 1.54) is 0 Å². The largest absolute Gasteiger partial charge is 0.397 e. The third-order valence-electron chi connectivity index (χ3n) is 5.52. The fourth-order valence-corrected chi connectivity index (χ4v) is 3.16. The summed E-state index contributed by atoms with van der Waals surface area (Å²) in [6.07, 6.45) is 0. The molecule has 0 aromatic heterocycles. The second kappa shape index (κ2) is 4.93. The van der Waals surface area contributed by atoms with Crippen molar-refractivity contribution >= 4 is 17.3 Å². The summed E-state index contributed by atoms with van der Waals surface area (Å²) in [5.41, 5.74) is 8.89. The zero-order valence-electron chi connectivity index (χ0n) is 13.9. The number of carbonyl (C=O) groups excluding carboxylic acids is 1. The minimum atomic E-state index is -0.00914. The average molecular weight is 289 g/mol. The van der Waals surface area contributed by atoms with E-state index in [1.807, 2.05) is 6.07 Å². The first kappa shape index (κ1) is 15.7. The van der Waals surface area contributed by atoms with Crippen molar-refractivity contribution in [3.63, 3.8) is 0 Å².